The van der Waals surface area contributed by atoms with Crippen LogP contribution in [0.15, 0.2) is 69.9 Å². The van der Waals surface area contributed by atoms with Crippen LogP contribution in [0.4, 0.5) is 0 Å². The van der Waals surface area contributed by atoms with Gasteiger partial charge in [-0.2, -0.15) is 0 Å². The minimum atomic E-state index is -0.562. The quantitative estimate of drug-likeness (QED) is 0.342. The molecule has 5 rings (SSSR count). The molecule has 1 aliphatic rings. The number of fused-ring (bicyclic) bond motifs is 2. The van der Waals surface area contributed by atoms with Gasteiger partial charge in [-0.1, -0.05) is 30.3 Å². The molecule has 6 nitrogen and oxygen atoms in total. The lowest BCUT2D eigenvalue weighted by atomic mass is 9.97. The number of nitrogens with zero attached hydrogens (tertiary/aromatic N) is 1. The fourth-order valence-corrected chi connectivity index (χ4v) is 5.03. The zero-order valence-electron chi connectivity index (χ0n) is 21.0. The highest BCUT2D eigenvalue weighted by Gasteiger charge is 2.42. The number of methoxy groups -OCH3 is 1. The molecule has 0 spiro atoms. The van der Waals surface area contributed by atoms with E-state index in [2.05, 4.69) is 0 Å². The Kier molecular flexibility index (Phi) is 6.27. The molecule has 6 heteroatoms. The number of rotatable bonds is 7. The zero-order chi connectivity index (χ0) is 25.4. The third-order valence-electron chi connectivity index (χ3n) is 6.68. The van der Waals surface area contributed by atoms with Crippen molar-refractivity contribution < 1.29 is 18.7 Å². The van der Waals surface area contributed by atoms with E-state index in [4.69, 9.17) is 13.9 Å². The normalized spacial score (nSPS) is 14.8. The molecule has 0 radical (unpaired) electrons. The first-order valence-corrected chi connectivity index (χ1v) is 12.2. The standard InChI is InChI=1S/C30H29NO5/c1-5-35-23-8-6-7-21(17-23)26-25-27(32)24-16-18(2)15-19(3)28(24)36-29(25)30(33)31(26)14-13-20-9-11-22(34-4)12-10-20/h6-12,15-17,26H,5,13-14H2,1-4H3/t26-/m0/s1. The molecule has 1 aliphatic heterocycles. The van der Waals surface area contributed by atoms with Crippen molar-refractivity contribution in [1.82, 2.24) is 4.90 Å². The number of aryl methyl sites for hydroxylation is 2. The van der Waals surface area contributed by atoms with Gasteiger partial charge >= 0.3 is 0 Å². The summed E-state index contributed by atoms with van der Waals surface area (Å²) in [6.07, 6.45) is 0.622. The molecule has 2 heterocycles. The molecule has 36 heavy (non-hydrogen) atoms. The highest BCUT2D eigenvalue weighted by molar-refractivity contribution is 5.99. The molecule has 1 amide bonds. The van der Waals surface area contributed by atoms with Crippen LogP contribution in [-0.2, 0) is 6.42 Å². The van der Waals surface area contributed by atoms with Gasteiger partial charge in [-0.25, -0.2) is 0 Å². The van der Waals surface area contributed by atoms with Gasteiger partial charge in [0.2, 0.25) is 5.76 Å². The minimum absolute atomic E-state index is 0.126. The summed E-state index contributed by atoms with van der Waals surface area (Å²) in [6, 6.07) is 18.6. The topological polar surface area (TPSA) is 69.0 Å². The summed E-state index contributed by atoms with van der Waals surface area (Å²) >= 11 is 0. The van der Waals surface area contributed by atoms with Crippen LogP contribution < -0.4 is 14.9 Å². The van der Waals surface area contributed by atoms with Crippen molar-refractivity contribution in [1.29, 1.82) is 0 Å². The van der Waals surface area contributed by atoms with E-state index in [1.165, 1.54) is 0 Å². The molecule has 4 aromatic rings. The first kappa shape index (κ1) is 23.7. The third-order valence-corrected chi connectivity index (χ3v) is 6.68. The average molecular weight is 484 g/mol. The Hall–Kier alpha value is -4.06. The maximum Gasteiger partial charge on any atom is 0.290 e. The smallest absolute Gasteiger partial charge is 0.290 e. The second-order valence-electron chi connectivity index (χ2n) is 9.14. The minimum Gasteiger partial charge on any atom is -0.497 e. The fourth-order valence-electron chi connectivity index (χ4n) is 5.03. The molecule has 0 N–H and O–H groups in total. The predicted octanol–water partition coefficient (Wildman–Crippen LogP) is 5.61. The second-order valence-corrected chi connectivity index (χ2v) is 9.14. The van der Waals surface area contributed by atoms with E-state index >= 15 is 0 Å². The number of carbonyl (C=O) groups excluding carboxylic acids is 1. The van der Waals surface area contributed by atoms with Gasteiger partial charge in [-0.05, 0) is 79.8 Å². The summed E-state index contributed by atoms with van der Waals surface area (Å²) in [4.78, 5) is 29.3. The summed E-state index contributed by atoms with van der Waals surface area (Å²) < 4.78 is 17.2. The van der Waals surface area contributed by atoms with E-state index in [1.807, 2.05) is 81.4 Å². The SMILES string of the molecule is CCOc1cccc([C@H]2c3c(oc4c(C)cc(C)cc4c3=O)C(=O)N2CCc2ccc(OC)cc2)c1. The van der Waals surface area contributed by atoms with E-state index in [9.17, 15) is 9.59 Å². The van der Waals surface area contributed by atoms with Crippen molar-refractivity contribution in [2.75, 3.05) is 20.3 Å². The molecule has 1 atom stereocenters. The Balaban J connectivity index is 1.63. The molecule has 0 aliphatic carbocycles. The van der Waals surface area contributed by atoms with Crippen LogP contribution in [-0.4, -0.2) is 31.1 Å². The monoisotopic (exact) mass is 483 g/mol. The van der Waals surface area contributed by atoms with Crippen molar-refractivity contribution in [2.24, 2.45) is 0 Å². The van der Waals surface area contributed by atoms with E-state index in [0.29, 0.717) is 41.9 Å². The first-order valence-electron chi connectivity index (χ1n) is 12.2. The first-order chi connectivity index (χ1) is 17.4. The molecular formula is C30H29NO5. The van der Waals surface area contributed by atoms with Crippen LogP contribution in [0.2, 0.25) is 0 Å². The Morgan fingerprint density at radius 2 is 1.75 bits per heavy atom. The van der Waals surface area contributed by atoms with Crippen molar-refractivity contribution in [3.8, 4) is 11.5 Å². The van der Waals surface area contributed by atoms with Crippen molar-refractivity contribution in [2.45, 2.75) is 33.2 Å². The number of benzene rings is 3. The van der Waals surface area contributed by atoms with Gasteiger partial charge in [-0.15, -0.1) is 0 Å². The molecule has 1 aromatic heterocycles. The van der Waals surface area contributed by atoms with Crippen LogP contribution in [0.25, 0.3) is 11.0 Å². The molecular weight excluding hydrogens is 454 g/mol. The number of ether oxygens (including phenoxy) is 2. The average Bonchev–Trinajstić information content (AvgIpc) is 3.16. The van der Waals surface area contributed by atoms with E-state index in [0.717, 1.165) is 28.0 Å². The third kappa shape index (κ3) is 4.13. The van der Waals surface area contributed by atoms with E-state index in [-0.39, 0.29) is 17.1 Å². The van der Waals surface area contributed by atoms with Crippen molar-refractivity contribution in [3.63, 3.8) is 0 Å². The van der Waals surface area contributed by atoms with Gasteiger partial charge in [0.25, 0.3) is 5.91 Å². The Bertz CT molecular complexity index is 1500. The van der Waals surface area contributed by atoms with E-state index < -0.39 is 6.04 Å². The highest BCUT2D eigenvalue weighted by Crippen LogP contribution is 2.39. The molecule has 0 unspecified atom stereocenters. The van der Waals surface area contributed by atoms with E-state index in [1.54, 1.807) is 12.0 Å². The van der Waals surface area contributed by atoms with Gasteiger partial charge in [0, 0.05) is 6.54 Å². The molecule has 0 bridgehead atoms. The number of hydrogen-bond acceptors (Lipinski definition) is 5. The molecule has 0 saturated carbocycles. The maximum atomic E-state index is 13.9. The van der Waals surface area contributed by atoms with Gasteiger partial charge in [-0.3, -0.25) is 9.59 Å². The van der Waals surface area contributed by atoms with Gasteiger partial charge < -0.3 is 18.8 Å². The number of amides is 1. The van der Waals surface area contributed by atoms with Crippen molar-refractivity contribution in [3.05, 3.63) is 104 Å². The summed E-state index contributed by atoms with van der Waals surface area (Å²) in [7, 11) is 1.63. The summed E-state index contributed by atoms with van der Waals surface area (Å²) in [6.45, 7) is 6.72. The predicted molar refractivity (Wildman–Crippen MR) is 139 cm³/mol. The lowest BCUT2D eigenvalue weighted by Gasteiger charge is -2.25. The van der Waals surface area contributed by atoms with Crippen LogP contribution >= 0.6 is 0 Å². The summed E-state index contributed by atoms with van der Waals surface area (Å²) in [5.74, 6) is 1.33. The van der Waals surface area contributed by atoms with Crippen LogP contribution in [0, 0.1) is 13.8 Å². The summed E-state index contributed by atoms with van der Waals surface area (Å²) in [5.41, 5.74) is 4.39. The second kappa shape index (κ2) is 9.53. The van der Waals surface area contributed by atoms with Crippen LogP contribution in [0.5, 0.6) is 11.5 Å². The lowest BCUT2D eigenvalue weighted by molar-refractivity contribution is 0.0729. The molecule has 0 fully saturated rings. The lowest BCUT2D eigenvalue weighted by Crippen LogP contribution is -2.31. The largest absolute Gasteiger partial charge is 0.497 e. The van der Waals surface area contributed by atoms with Crippen LogP contribution in [0.3, 0.4) is 0 Å². The van der Waals surface area contributed by atoms with Gasteiger partial charge in [0.1, 0.15) is 17.1 Å². The molecule has 0 saturated heterocycles. The van der Waals surface area contributed by atoms with Gasteiger partial charge in [0.05, 0.1) is 30.7 Å². The Morgan fingerprint density at radius 3 is 2.47 bits per heavy atom. The highest BCUT2D eigenvalue weighted by atomic mass is 16.5. The maximum absolute atomic E-state index is 13.9. The Morgan fingerprint density at radius 1 is 0.972 bits per heavy atom. The van der Waals surface area contributed by atoms with Crippen molar-refractivity contribution >= 4 is 16.9 Å². The zero-order valence-corrected chi connectivity index (χ0v) is 21.0. The van der Waals surface area contributed by atoms with Gasteiger partial charge in [0.15, 0.2) is 5.43 Å². The Labute approximate surface area is 210 Å². The molecule has 3 aromatic carbocycles. The summed E-state index contributed by atoms with van der Waals surface area (Å²) in [5, 5.41) is 0.502. The number of carbonyl (C=O) groups is 1. The number of hydrogen-bond donors (Lipinski definition) is 0. The fraction of sp³-hybridized carbons (Fsp3) is 0.267. The molecule has 184 valence electrons. The van der Waals surface area contributed by atoms with Crippen LogP contribution in [0.1, 0.15) is 51.3 Å².